The van der Waals surface area contributed by atoms with Gasteiger partial charge in [-0.15, -0.1) is 0 Å². The smallest absolute Gasteiger partial charge is 0.418 e. The van der Waals surface area contributed by atoms with Crippen LogP contribution in [0.5, 0.6) is 0 Å². The first-order valence-corrected chi connectivity index (χ1v) is 0.873. The van der Waals surface area contributed by atoms with E-state index in [0.29, 0.717) is 0 Å². The van der Waals surface area contributed by atoms with Crippen molar-refractivity contribution in [2.45, 2.75) is 0 Å². The van der Waals surface area contributed by atoms with Gasteiger partial charge in [0.2, 0.25) is 0 Å². The van der Waals surface area contributed by atoms with Crippen LogP contribution in [0.2, 0.25) is 0 Å². The first-order valence-electron chi connectivity index (χ1n) is 0.873. The zero-order chi connectivity index (χ0) is 4.50. The van der Waals surface area contributed by atoms with Crippen LogP contribution in [0.15, 0.2) is 0 Å². The predicted octanol–water partition coefficient (Wildman–Crippen LogP) is 0.919. The second-order valence-electron chi connectivity index (χ2n) is 0.495. The van der Waals surface area contributed by atoms with E-state index in [0.717, 1.165) is 0 Å². The van der Waals surface area contributed by atoms with E-state index in [1.54, 1.807) is 0 Å². The molecular weight excluding hydrogens is 127 g/mol. The molecule has 32 valence electrons. The summed E-state index contributed by atoms with van der Waals surface area (Å²) in [6.45, 7) is 0. The van der Waals surface area contributed by atoms with Gasteiger partial charge < -0.3 is 17.3 Å². The quantitative estimate of drug-likeness (QED) is 0.335. The summed E-state index contributed by atoms with van der Waals surface area (Å²) in [5.74, 6) is 0. The Balaban J connectivity index is 0. The van der Waals surface area contributed by atoms with Gasteiger partial charge in [-0.05, 0) is 0 Å². The summed E-state index contributed by atoms with van der Waals surface area (Å²) in [6.07, 6.45) is 0. The molecular formula is BCaF4+. The average Bonchev–Trinajstić information content (AvgIpc) is 0.722. The van der Waals surface area contributed by atoms with Crippen LogP contribution in [0.1, 0.15) is 0 Å². The number of halogens is 4. The summed E-state index contributed by atoms with van der Waals surface area (Å²) < 4.78 is 39.0. The SMILES string of the molecule is F[B-](F)(F)F.[Ca+2]. The van der Waals surface area contributed by atoms with Gasteiger partial charge in [-0.3, -0.25) is 0 Å². The van der Waals surface area contributed by atoms with Crippen LogP contribution in [-0.2, 0) is 0 Å². The third kappa shape index (κ3) is 75.6. The summed E-state index contributed by atoms with van der Waals surface area (Å²) in [4.78, 5) is 0. The molecule has 0 nitrogen and oxygen atoms in total. The van der Waals surface area contributed by atoms with E-state index in [1.807, 2.05) is 0 Å². The summed E-state index contributed by atoms with van der Waals surface area (Å²) in [5.41, 5.74) is 0. The second-order valence-corrected chi connectivity index (χ2v) is 0.495. The van der Waals surface area contributed by atoms with Gasteiger partial charge in [-0.1, -0.05) is 0 Å². The van der Waals surface area contributed by atoms with Gasteiger partial charge in [-0.25, -0.2) is 0 Å². The largest absolute Gasteiger partial charge is 2.00 e. The van der Waals surface area contributed by atoms with Crippen LogP contribution in [-0.4, -0.2) is 45.0 Å². The van der Waals surface area contributed by atoms with Crippen LogP contribution in [0.4, 0.5) is 17.3 Å². The van der Waals surface area contributed by atoms with Gasteiger partial charge in [-0.2, -0.15) is 0 Å². The molecule has 0 aliphatic heterocycles. The Morgan fingerprint density at radius 3 is 0.833 bits per heavy atom. The van der Waals surface area contributed by atoms with Crippen molar-refractivity contribution in [3.05, 3.63) is 0 Å². The van der Waals surface area contributed by atoms with Gasteiger partial charge in [0.25, 0.3) is 0 Å². The molecule has 0 aromatic rings. The average molecular weight is 127 g/mol. The van der Waals surface area contributed by atoms with Crippen molar-refractivity contribution in [3.63, 3.8) is 0 Å². The summed E-state index contributed by atoms with van der Waals surface area (Å²) in [7, 11) is -6.00. The van der Waals surface area contributed by atoms with Gasteiger partial charge in [0, 0.05) is 0 Å². The monoisotopic (exact) mass is 127 g/mol. The molecule has 0 N–H and O–H groups in total. The molecule has 0 saturated heterocycles. The Morgan fingerprint density at radius 1 is 0.833 bits per heavy atom. The van der Waals surface area contributed by atoms with E-state index >= 15 is 0 Å². The van der Waals surface area contributed by atoms with Crippen LogP contribution in [0, 0.1) is 0 Å². The van der Waals surface area contributed by atoms with E-state index < -0.39 is 7.25 Å². The van der Waals surface area contributed by atoms with E-state index in [9.17, 15) is 17.3 Å². The third-order valence-electron chi connectivity index (χ3n) is 0. The minimum Gasteiger partial charge on any atom is -0.418 e. The standard InChI is InChI=1S/BF4.Ca/c2-1(3,4)5;/q-1;+2. The maximum atomic E-state index is 9.75. The molecule has 0 saturated carbocycles. The molecule has 0 fully saturated rings. The molecule has 6 heavy (non-hydrogen) atoms. The van der Waals surface area contributed by atoms with Crippen molar-refractivity contribution >= 4 is 45.0 Å². The molecule has 0 amide bonds. The van der Waals surface area contributed by atoms with Crippen molar-refractivity contribution in [1.29, 1.82) is 0 Å². The minimum absolute atomic E-state index is 0. The molecule has 0 aliphatic carbocycles. The van der Waals surface area contributed by atoms with Crippen LogP contribution >= 0.6 is 0 Å². The Hall–Kier alpha value is 1.04. The third-order valence-corrected chi connectivity index (χ3v) is 0. The van der Waals surface area contributed by atoms with Crippen molar-refractivity contribution < 1.29 is 17.3 Å². The molecule has 0 atom stereocenters. The molecule has 0 aromatic carbocycles. The topological polar surface area (TPSA) is 0 Å². The molecule has 0 heterocycles. The first-order chi connectivity index (χ1) is 2.00. The summed E-state index contributed by atoms with van der Waals surface area (Å²) in [6, 6.07) is 0. The molecule has 0 radical (unpaired) electrons. The van der Waals surface area contributed by atoms with E-state index in [1.165, 1.54) is 0 Å². The fourth-order valence-electron chi connectivity index (χ4n) is 0. The van der Waals surface area contributed by atoms with E-state index in [2.05, 4.69) is 0 Å². The van der Waals surface area contributed by atoms with Crippen LogP contribution in [0.25, 0.3) is 0 Å². The number of hydrogen-bond acceptors (Lipinski definition) is 0. The zero-order valence-corrected chi connectivity index (χ0v) is 5.00. The Kier molecular flexibility index (Phi) is 5.23. The molecule has 0 bridgehead atoms. The van der Waals surface area contributed by atoms with Crippen molar-refractivity contribution in [2.24, 2.45) is 0 Å². The van der Waals surface area contributed by atoms with Crippen LogP contribution in [0.3, 0.4) is 0 Å². The Bertz CT molecular complexity index is 23.0. The summed E-state index contributed by atoms with van der Waals surface area (Å²) in [5, 5.41) is 0. The normalized spacial score (nSPS) is 10.0. The summed E-state index contributed by atoms with van der Waals surface area (Å²) >= 11 is 0. The van der Waals surface area contributed by atoms with Crippen molar-refractivity contribution in [1.82, 2.24) is 0 Å². The molecule has 0 spiro atoms. The van der Waals surface area contributed by atoms with Crippen LogP contribution < -0.4 is 0 Å². The fourth-order valence-corrected chi connectivity index (χ4v) is 0. The Morgan fingerprint density at radius 2 is 0.833 bits per heavy atom. The first kappa shape index (κ1) is 10.1. The molecule has 0 rings (SSSR count). The van der Waals surface area contributed by atoms with E-state index in [4.69, 9.17) is 0 Å². The fraction of sp³-hybridized carbons (Fsp3) is 0. The molecule has 0 aromatic heterocycles. The molecule has 6 heteroatoms. The molecule has 0 unspecified atom stereocenters. The van der Waals surface area contributed by atoms with Gasteiger partial charge in [0.1, 0.15) is 0 Å². The maximum absolute atomic E-state index is 9.75. The number of rotatable bonds is 0. The maximum Gasteiger partial charge on any atom is 2.00 e. The van der Waals surface area contributed by atoms with Crippen molar-refractivity contribution in [3.8, 4) is 0 Å². The molecule has 0 aliphatic rings. The van der Waals surface area contributed by atoms with Crippen molar-refractivity contribution in [2.75, 3.05) is 0 Å². The number of hydrogen-bond donors (Lipinski definition) is 0. The zero-order valence-electron chi connectivity index (χ0n) is 2.80. The van der Waals surface area contributed by atoms with Gasteiger partial charge in [0.15, 0.2) is 0 Å². The minimum atomic E-state index is -6.00. The van der Waals surface area contributed by atoms with Gasteiger partial charge in [0.05, 0.1) is 0 Å². The second kappa shape index (κ2) is 3.10. The Labute approximate surface area is 62.0 Å². The van der Waals surface area contributed by atoms with E-state index in [-0.39, 0.29) is 37.7 Å². The predicted molar refractivity (Wildman–Crippen MR) is 15.9 cm³/mol. The van der Waals surface area contributed by atoms with Gasteiger partial charge >= 0.3 is 45.0 Å².